The fourth-order valence-electron chi connectivity index (χ4n) is 5.36. The van der Waals surface area contributed by atoms with Crippen LogP contribution in [0.2, 0.25) is 0 Å². The Bertz CT molecular complexity index is 916. The number of carbonyl (C=O) groups excluding carboxylic acids is 1. The van der Waals surface area contributed by atoms with E-state index < -0.39 is 0 Å². The van der Waals surface area contributed by atoms with Crippen LogP contribution >= 0.6 is 0 Å². The molecule has 1 saturated heterocycles. The first-order valence-electron chi connectivity index (χ1n) is 11.4. The van der Waals surface area contributed by atoms with Gasteiger partial charge in [0.1, 0.15) is 24.0 Å². The Labute approximate surface area is 184 Å². The van der Waals surface area contributed by atoms with Crippen LogP contribution in [0.25, 0.3) is 0 Å². The summed E-state index contributed by atoms with van der Waals surface area (Å²) < 4.78 is 0. The zero-order valence-corrected chi connectivity index (χ0v) is 18.5. The molecule has 1 aromatic heterocycles. The Kier molecular flexibility index (Phi) is 5.63. The lowest BCUT2D eigenvalue weighted by Crippen LogP contribution is -2.52. The summed E-state index contributed by atoms with van der Waals surface area (Å²) in [5, 5.41) is 0. The minimum atomic E-state index is -0.264. The van der Waals surface area contributed by atoms with Crippen molar-refractivity contribution in [3.63, 3.8) is 0 Å². The predicted octanol–water partition coefficient (Wildman–Crippen LogP) is 1.70. The highest BCUT2D eigenvalue weighted by atomic mass is 16.1. The molecule has 3 atom stereocenters. The van der Waals surface area contributed by atoms with E-state index in [4.69, 9.17) is 9.98 Å². The van der Waals surface area contributed by atoms with Gasteiger partial charge in [0.15, 0.2) is 0 Å². The largest absolute Gasteiger partial charge is 0.355 e. The third-order valence-electron chi connectivity index (χ3n) is 7.11. The SMILES string of the molecule is CN1CCN(C2=CC=CC3=NC(CN(C)[C@H]4CCCc5cccnc54)C(C=O)N23)CC1. The Hall–Kier alpha value is -2.51. The molecule has 7 heteroatoms. The Morgan fingerprint density at radius 3 is 2.90 bits per heavy atom. The summed E-state index contributed by atoms with van der Waals surface area (Å²) in [4.78, 5) is 31.2. The van der Waals surface area contributed by atoms with E-state index in [1.807, 2.05) is 18.3 Å². The smallest absolute Gasteiger partial charge is 0.145 e. The monoisotopic (exact) mass is 420 g/mol. The predicted molar refractivity (Wildman–Crippen MR) is 122 cm³/mol. The number of aromatic nitrogens is 1. The van der Waals surface area contributed by atoms with E-state index in [9.17, 15) is 4.79 Å². The van der Waals surface area contributed by atoms with Crippen molar-refractivity contribution >= 4 is 12.1 Å². The van der Waals surface area contributed by atoms with E-state index in [1.54, 1.807) is 0 Å². The summed E-state index contributed by atoms with van der Waals surface area (Å²) in [6.45, 7) is 4.76. The van der Waals surface area contributed by atoms with Gasteiger partial charge in [-0.15, -0.1) is 0 Å². The van der Waals surface area contributed by atoms with Crippen LogP contribution < -0.4 is 0 Å². The summed E-state index contributed by atoms with van der Waals surface area (Å²) in [6.07, 6.45) is 12.6. The fourth-order valence-corrected chi connectivity index (χ4v) is 5.36. The summed E-state index contributed by atoms with van der Waals surface area (Å²) in [7, 11) is 4.31. The van der Waals surface area contributed by atoms with Crippen molar-refractivity contribution in [2.75, 3.05) is 46.8 Å². The van der Waals surface area contributed by atoms with E-state index in [0.29, 0.717) is 6.04 Å². The molecule has 164 valence electrons. The third-order valence-corrected chi connectivity index (χ3v) is 7.11. The molecule has 0 saturated carbocycles. The molecule has 0 bridgehead atoms. The molecule has 0 N–H and O–H groups in total. The maximum absolute atomic E-state index is 12.3. The van der Waals surface area contributed by atoms with Crippen LogP contribution in [0.1, 0.15) is 30.1 Å². The maximum atomic E-state index is 12.3. The quantitative estimate of drug-likeness (QED) is 0.676. The van der Waals surface area contributed by atoms with Crippen LogP contribution in [0, 0.1) is 0 Å². The van der Waals surface area contributed by atoms with Gasteiger partial charge in [0.2, 0.25) is 0 Å². The molecular weight excluding hydrogens is 388 g/mol. The number of pyridine rings is 1. The van der Waals surface area contributed by atoms with Gasteiger partial charge in [-0.1, -0.05) is 12.1 Å². The molecule has 1 aromatic rings. The first-order chi connectivity index (χ1) is 15.2. The van der Waals surface area contributed by atoms with Gasteiger partial charge >= 0.3 is 0 Å². The highest BCUT2D eigenvalue weighted by Gasteiger charge is 2.41. The highest BCUT2D eigenvalue weighted by Crippen LogP contribution is 2.34. The Morgan fingerprint density at radius 2 is 2.10 bits per heavy atom. The summed E-state index contributed by atoms with van der Waals surface area (Å²) >= 11 is 0. The number of amidine groups is 1. The standard InChI is InChI=1S/C24H32N6O/c1-27-12-14-29(15-13-27)23-10-4-9-22-26-19(21(17-31)30(22)23)16-28(2)20-8-3-6-18-7-5-11-25-24(18)20/h4-5,7,9-11,17,19-21H,3,6,8,12-16H2,1-2H3/t19?,20-,21?/m0/s1. The number of allylic oxidation sites excluding steroid dienone is 2. The van der Waals surface area contributed by atoms with Crippen molar-refractivity contribution in [1.82, 2.24) is 24.6 Å². The second kappa shape index (κ2) is 8.55. The number of piperazine rings is 1. The number of hydrogen-bond acceptors (Lipinski definition) is 7. The van der Waals surface area contributed by atoms with Gasteiger partial charge in [0.05, 0.1) is 17.8 Å². The summed E-state index contributed by atoms with van der Waals surface area (Å²) in [5.74, 6) is 2.02. The Morgan fingerprint density at radius 1 is 1.26 bits per heavy atom. The Balaban J connectivity index is 1.34. The average molecular weight is 421 g/mol. The normalized spacial score (nSPS) is 28.3. The summed E-state index contributed by atoms with van der Waals surface area (Å²) in [6, 6.07) is 4.18. The average Bonchev–Trinajstić information content (AvgIpc) is 3.16. The lowest BCUT2D eigenvalue weighted by Gasteiger charge is -2.41. The number of aliphatic imine (C=N–C) groups is 1. The molecule has 0 spiro atoms. The molecule has 31 heavy (non-hydrogen) atoms. The van der Waals surface area contributed by atoms with Crippen molar-refractivity contribution in [3.05, 3.63) is 53.6 Å². The first kappa shape index (κ1) is 20.4. The number of fused-ring (bicyclic) bond motifs is 2. The number of aryl methyl sites for hydroxylation is 1. The first-order valence-corrected chi connectivity index (χ1v) is 11.4. The van der Waals surface area contributed by atoms with Gasteiger partial charge in [0.25, 0.3) is 0 Å². The van der Waals surface area contributed by atoms with Gasteiger partial charge in [-0.2, -0.15) is 0 Å². The molecule has 0 amide bonds. The third kappa shape index (κ3) is 3.81. The van der Waals surface area contributed by atoms with E-state index in [1.165, 1.54) is 17.7 Å². The molecule has 0 radical (unpaired) electrons. The van der Waals surface area contributed by atoms with E-state index in [2.05, 4.69) is 51.9 Å². The number of carbonyl (C=O) groups is 1. The van der Waals surface area contributed by atoms with Crippen molar-refractivity contribution in [2.45, 2.75) is 37.4 Å². The maximum Gasteiger partial charge on any atom is 0.145 e. The molecule has 0 aromatic carbocycles. The molecular formula is C24H32N6O. The summed E-state index contributed by atoms with van der Waals surface area (Å²) in [5.41, 5.74) is 2.55. The molecule has 5 rings (SSSR count). The van der Waals surface area contributed by atoms with Gasteiger partial charge in [0, 0.05) is 38.9 Å². The number of rotatable bonds is 5. The zero-order chi connectivity index (χ0) is 21.4. The second-order valence-electron chi connectivity index (χ2n) is 9.12. The molecule has 4 heterocycles. The van der Waals surface area contributed by atoms with Gasteiger partial charge < -0.3 is 19.5 Å². The highest BCUT2D eigenvalue weighted by molar-refractivity contribution is 5.99. The van der Waals surface area contributed by atoms with Crippen molar-refractivity contribution < 1.29 is 4.79 Å². The molecule has 4 aliphatic rings. The minimum absolute atomic E-state index is 0.0785. The number of nitrogens with zero attached hydrogens (tertiary/aromatic N) is 6. The van der Waals surface area contributed by atoms with E-state index >= 15 is 0 Å². The molecule has 3 aliphatic heterocycles. The van der Waals surface area contributed by atoms with Crippen molar-refractivity contribution in [3.8, 4) is 0 Å². The topological polar surface area (TPSA) is 55.3 Å². The molecule has 2 unspecified atom stereocenters. The van der Waals surface area contributed by atoms with Crippen LogP contribution in [-0.4, -0.2) is 95.6 Å². The molecule has 7 nitrogen and oxygen atoms in total. The zero-order valence-electron chi connectivity index (χ0n) is 18.5. The van der Waals surface area contributed by atoms with Crippen LogP contribution in [-0.2, 0) is 11.2 Å². The van der Waals surface area contributed by atoms with Crippen LogP contribution in [0.4, 0.5) is 0 Å². The lowest BCUT2D eigenvalue weighted by atomic mass is 9.90. The number of likely N-dealkylation sites (N-methyl/N-ethyl adjacent to an activating group) is 2. The number of hydrogen-bond donors (Lipinski definition) is 0. The second-order valence-corrected chi connectivity index (χ2v) is 9.12. The van der Waals surface area contributed by atoms with Gasteiger partial charge in [-0.25, -0.2) is 0 Å². The van der Waals surface area contributed by atoms with Crippen LogP contribution in [0.5, 0.6) is 0 Å². The van der Waals surface area contributed by atoms with Gasteiger partial charge in [-0.05, 0) is 57.1 Å². The number of aldehydes is 1. The van der Waals surface area contributed by atoms with Crippen LogP contribution in [0.15, 0.2) is 47.4 Å². The van der Waals surface area contributed by atoms with Crippen LogP contribution in [0.3, 0.4) is 0 Å². The van der Waals surface area contributed by atoms with Crippen molar-refractivity contribution in [1.29, 1.82) is 0 Å². The molecule has 1 aliphatic carbocycles. The van der Waals surface area contributed by atoms with E-state index in [0.717, 1.165) is 63.5 Å². The minimum Gasteiger partial charge on any atom is -0.355 e. The van der Waals surface area contributed by atoms with E-state index in [-0.39, 0.29) is 12.1 Å². The van der Waals surface area contributed by atoms with Crippen molar-refractivity contribution in [2.24, 2.45) is 4.99 Å². The lowest BCUT2D eigenvalue weighted by molar-refractivity contribution is -0.111. The van der Waals surface area contributed by atoms with Gasteiger partial charge in [-0.3, -0.25) is 14.9 Å². The fraction of sp³-hybridized carbons (Fsp3) is 0.542. The molecule has 1 fully saturated rings.